The summed E-state index contributed by atoms with van der Waals surface area (Å²) in [6.45, 7) is 5.41. The van der Waals surface area contributed by atoms with Crippen molar-refractivity contribution in [2.75, 3.05) is 29.9 Å². The summed E-state index contributed by atoms with van der Waals surface area (Å²) in [5.74, 6) is -0.254. The molecule has 2 aliphatic rings. The van der Waals surface area contributed by atoms with E-state index >= 15 is 0 Å². The van der Waals surface area contributed by atoms with E-state index in [4.69, 9.17) is 11.6 Å². The maximum absolute atomic E-state index is 14.3. The Morgan fingerprint density at radius 3 is 2.55 bits per heavy atom. The second kappa shape index (κ2) is 8.81. The predicted octanol–water partition coefficient (Wildman–Crippen LogP) is 6.37. The first-order valence-electron chi connectivity index (χ1n) is 11.3. The Hall–Kier alpha value is -2.89. The number of amides is 2. The van der Waals surface area contributed by atoms with Gasteiger partial charge in [0.15, 0.2) is 0 Å². The lowest BCUT2D eigenvalue weighted by Gasteiger charge is -2.40. The summed E-state index contributed by atoms with van der Waals surface area (Å²) in [5, 5.41) is 3.58. The number of carbonyl (C=O) groups is 1. The number of anilines is 2. The molecule has 6 heteroatoms. The molecule has 1 spiro atoms. The zero-order chi connectivity index (χ0) is 23.0. The summed E-state index contributed by atoms with van der Waals surface area (Å²) in [5.41, 5.74) is 4.79. The van der Waals surface area contributed by atoms with Crippen molar-refractivity contribution in [2.24, 2.45) is 0 Å². The lowest BCUT2D eigenvalue weighted by Crippen LogP contribution is -2.46. The van der Waals surface area contributed by atoms with Crippen molar-refractivity contribution in [3.05, 3.63) is 94.3 Å². The Morgan fingerprint density at radius 1 is 1.06 bits per heavy atom. The van der Waals surface area contributed by atoms with Crippen molar-refractivity contribution < 1.29 is 9.18 Å². The lowest BCUT2D eigenvalue weighted by atomic mass is 9.74. The second-order valence-electron chi connectivity index (χ2n) is 9.23. The zero-order valence-electron chi connectivity index (χ0n) is 18.7. The first kappa shape index (κ1) is 21.9. The topological polar surface area (TPSA) is 35.6 Å². The van der Waals surface area contributed by atoms with Gasteiger partial charge in [0.25, 0.3) is 0 Å². The van der Waals surface area contributed by atoms with E-state index in [0.29, 0.717) is 17.3 Å². The Kier molecular flexibility index (Phi) is 5.85. The molecule has 2 heterocycles. The summed E-state index contributed by atoms with van der Waals surface area (Å²) in [4.78, 5) is 17.4. The molecule has 0 radical (unpaired) electrons. The van der Waals surface area contributed by atoms with Gasteiger partial charge in [-0.15, -0.1) is 0 Å². The number of hydrogen-bond acceptors (Lipinski definition) is 2. The van der Waals surface area contributed by atoms with Gasteiger partial charge in [-0.1, -0.05) is 41.4 Å². The maximum atomic E-state index is 14.3. The van der Waals surface area contributed by atoms with Crippen LogP contribution in [0.4, 0.5) is 20.6 Å². The molecule has 1 saturated heterocycles. The van der Waals surface area contributed by atoms with Gasteiger partial charge in [0.05, 0.1) is 0 Å². The van der Waals surface area contributed by atoms with E-state index in [1.165, 1.54) is 17.2 Å². The summed E-state index contributed by atoms with van der Waals surface area (Å²) >= 11 is 5.96. The van der Waals surface area contributed by atoms with Gasteiger partial charge in [-0.25, -0.2) is 9.18 Å². The molecule has 0 unspecified atom stereocenters. The molecule has 5 rings (SSSR count). The largest absolute Gasteiger partial charge is 0.326 e. The molecule has 1 N–H and O–H groups in total. The molecule has 3 aromatic carbocycles. The molecular formula is C27H27ClFN3O. The van der Waals surface area contributed by atoms with Gasteiger partial charge in [0.2, 0.25) is 0 Å². The average molecular weight is 464 g/mol. The van der Waals surface area contributed by atoms with E-state index in [1.807, 2.05) is 0 Å². The van der Waals surface area contributed by atoms with Crippen LogP contribution in [0.2, 0.25) is 5.02 Å². The number of piperidine rings is 1. The number of halogens is 2. The zero-order valence-corrected chi connectivity index (χ0v) is 19.4. The molecule has 1 fully saturated rings. The number of hydrogen-bond donors (Lipinski definition) is 1. The summed E-state index contributed by atoms with van der Waals surface area (Å²) in [6.07, 6.45) is 1.78. The fourth-order valence-electron chi connectivity index (χ4n) is 5.18. The first-order valence-corrected chi connectivity index (χ1v) is 11.7. The number of urea groups is 1. The number of nitrogens with zero attached hydrogens (tertiary/aromatic N) is 2. The van der Waals surface area contributed by atoms with Crippen LogP contribution in [0, 0.1) is 12.7 Å². The lowest BCUT2D eigenvalue weighted by molar-refractivity contribution is 0.160. The van der Waals surface area contributed by atoms with Crippen molar-refractivity contribution in [1.29, 1.82) is 0 Å². The molecule has 2 amide bonds. The standard InChI is InChI=1S/C27H27ClFN3O/c1-19-3-2-4-20(15-19)17-31-13-11-27(12-14-31)18-32(25-10-7-22(29)16-24(25)27)26(33)30-23-8-5-21(28)6-9-23/h2-10,15-16H,11-14,17-18H2,1H3,(H,30,33). The number of rotatable bonds is 3. The highest BCUT2D eigenvalue weighted by Crippen LogP contribution is 2.47. The van der Waals surface area contributed by atoms with Crippen molar-refractivity contribution in [3.63, 3.8) is 0 Å². The van der Waals surface area contributed by atoms with Crippen molar-refractivity contribution in [1.82, 2.24) is 4.90 Å². The molecule has 0 atom stereocenters. The molecule has 0 aromatic heterocycles. The van der Waals surface area contributed by atoms with Crippen LogP contribution in [0.5, 0.6) is 0 Å². The fraction of sp³-hybridized carbons (Fsp3) is 0.296. The molecule has 0 aliphatic carbocycles. The summed E-state index contributed by atoms with van der Waals surface area (Å²) < 4.78 is 14.3. The molecule has 4 nitrogen and oxygen atoms in total. The number of fused-ring (bicyclic) bond motifs is 2. The van der Waals surface area contributed by atoms with Crippen molar-refractivity contribution in [3.8, 4) is 0 Å². The van der Waals surface area contributed by atoms with E-state index in [-0.39, 0.29) is 17.3 Å². The van der Waals surface area contributed by atoms with Gasteiger partial charge in [-0.05, 0) is 86.4 Å². The quantitative estimate of drug-likeness (QED) is 0.489. The number of nitrogens with one attached hydrogen (secondary N) is 1. The van der Waals surface area contributed by atoms with Gasteiger partial charge in [0.1, 0.15) is 5.82 Å². The van der Waals surface area contributed by atoms with Gasteiger partial charge < -0.3 is 5.32 Å². The van der Waals surface area contributed by atoms with E-state index in [2.05, 4.69) is 41.4 Å². The Balaban J connectivity index is 1.34. The third-order valence-corrected chi connectivity index (χ3v) is 7.18. The smallest absolute Gasteiger partial charge is 0.308 e. The van der Waals surface area contributed by atoms with Crippen LogP contribution in [-0.4, -0.2) is 30.6 Å². The van der Waals surface area contributed by atoms with Crippen LogP contribution in [0.3, 0.4) is 0 Å². The number of carbonyl (C=O) groups excluding carboxylic acids is 1. The molecule has 2 aliphatic heterocycles. The van der Waals surface area contributed by atoms with Crippen molar-refractivity contribution >= 4 is 29.0 Å². The number of benzene rings is 3. The van der Waals surface area contributed by atoms with Crippen LogP contribution in [0.1, 0.15) is 29.5 Å². The summed E-state index contributed by atoms with van der Waals surface area (Å²) in [6, 6.07) is 20.3. The molecule has 0 bridgehead atoms. The maximum Gasteiger partial charge on any atom is 0.326 e. The van der Waals surface area contributed by atoms with E-state index in [9.17, 15) is 9.18 Å². The monoisotopic (exact) mass is 463 g/mol. The minimum atomic E-state index is -0.254. The highest BCUT2D eigenvalue weighted by molar-refractivity contribution is 6.30. The average Bonchev–Trinajstić information content (AvgIpc) is 3.10. The van der Waals surface area contributed by atoms with Gasteiger partial charge in [-0.2, -0.15) is 0 Å². The Bertz CT molecular complexity index is 1170. The van der Waals surface area contributed by atoms with E-state index in [0.717, 1.165) is 43.7 Å². The van der Waals surface area contributed by atoms with Crippen molar-refractivity contribution in [2.45, 2.75) is 31.7 Å². The van der Waals surface area contributed by atoms with Crippen LogP contribution in [-0.2, 0) is 12.0 Å². The number of aryl methyl sites for hydroxylation is 1. The normalized spacial score (nSPS) is 17.2. The third kappa shape index (κ3) is 4.48. The Morgan fingerprint density at radius 2 is 1.82 bits per heavy atom. The van der Waals surface area contributed by atoms with Gasteiger partial charge >= 0.3 is 6.03 Å². The Labute approximate surface area is 199 Å². The SMILES string of the molecule is Cc1cccc(CN2CCC3(CC2)CN(C(=O)Nc2ccc(Cl)cc2)c2ccc(F)cc23)c1. The summed E-state index contributed by atoms with van der Waals surface area (Å²) in [7, 11) is 0. The minimum Gasteiger partial charge on any atom is -0.308 e. The van der Waals surface area contributed by atoms with Crippen LogP contribution >= 0.6 is 11.6 Å². The molecule has 0 saturated carbocycles. The molecular weight excluding hydrogens is 437 g/mol. The van der Waals surface area contributed by atoms with E-state index < -0.39 is 0 Å². The highest BCUT2D eigenvalue weighted by atomic mass is 35.5. The first-order chi connectivity index (χ1) is 15.9. The molecule has 3 aromatic rings. The number of likely N-dealkylation sites (tertiary alicyclic amines) is 1. The van der Waals surface area contributed by atoms with Gasteiger partial charge in [-0.3, -0.25) is 9.80 Å². The molecule has 170 valence electrons. The van der Waals surface area contributed by atoms with Gasteiger partial charge in [0, 0.05) is 34.9 Å². The predicted molar refractivity (Wildman–Crippen MR) is 132 cm³/mol. The van der Waals surface area contributed by atoms with Crippen LogP contribution in [0.15, 0.2) is 66.7 Å². The minimum absolute atomic E-state index is 0.204. The van der Waals surface area contributed by atoms with E-state index in [1.54, 1.807) is 41.3 Å². The molecule has 33 heavy (non-hydrogen) atoms. The van der Waals surface area contributed by atoms with Crippen LogP contribution < -0.4 is 10.2 Å². The fourth-order valence-corrected chi connectivity index (χ4v) is 5.31. The third-order valence-electron chi connectivity index (χ3n) is 6.92. The van der Waals surface area contributed by atoms with Crippen LogP contribution in [0.25, 0.3) is 0 Å². The highest BCUT2D eigenvalue weighted by Gasteiger charge is 2.46. The second-order valence-corrected chi connectivity index (χ2v) is 9.67.